The predicted molar refractivity (Wildman–Crippen MR) is 138 cm³/mol. The van der Waals surface area contributed by atoms with Crippen LogP contribution in [0.25, 0.3) is 16.7 Å². The molecule has 3 rings (SSSR count). The lowest BCUT2D eigenvalue weighted by Gasteiger charge is -2.12. The number of fused-ring (bicyclic) bond motifs is 3. The molecule has 8 heteroatoms. The molecule has 34 heavy (non-hydrogen) atoms. The molecule has 190 valence electrons. The van der Waals surface area contributed by atoms with E-state index in [0.29, 0.717) is 13.2 Å². The van der Waals surface area contributed by atoms with Crippen molar-refractivity contribution in [2.24, 2.45) is 5.92 Å². The molecule has 0 bridgehead atoms. The van der Waals surface area contributed by atoms with Gasteiger partial charge in [0.05, 0.1) is 23.3 Å². The Hall–Kier alpha value is -2.74. The standard InChI is InChI=1S/C24H35N5O3.C2H6.H2/c1-5-18(6-2)24(30)25-13-9-7-8-10-20-23-28-27-17(3)29(23)22-12-11-19(16-21(22)26-20)32-15-14-31-4;1-2;/h11-12,16,18H,5-10,13-15H2,1-4H3,(H,25,30);1-2H3;1H. The lowest BCUT2D eigenvalue weighted by Crippen LogP contribution is -2.30. The molecule has 1 amide bonds. The van der Waals surface area contributed by atoms with Gasteiger partial charge < -0.3 is 14.8 Å². The lowest BCUT2D eigenvalue weighted by molar-refractivity contribution is -0.125. The van der Waals surface area contributed by atoms with E-state index < -0.39 is 0 Å². The first-order valence-electron chi connectivity index (χ1n) is 12.6. The molecular formula is C26H43N5O3. The number of amides is 1. The Morgan fingerprint density at radius 3 is 2.59 bits per heavy atom. The molecule has 1 N–H and O–H groups in total. The van der Waals surface area contributed by atoms with Crippen molar-refractivity contribution in [3.05, 3.63) is 29.7 Å². The van der Waals surface area contributed by atoms with Gasteiger partial charge in [-0.15, -0.1) is 10.2 Å². The van der Waals surface area contributed by atoms with Crippen LogP contribution in [0.4, 0.5) is 0 Å². The summed E-state index contributed by atoms with van der Waals surface area (Å²) >= 11 is 0. The Morgan fingerprint density at radius 1 is 1.12 bits per heavy atom. The van der Waals surface area contributed by atoms with E-state index in [1.165, 1.54) is 0 Å². The highest BCUT2D eigenvalue weighted by molar-refractivity contribution is 5.80. The molecule has 0 aliphatic carbocycles. The second-order valence-corrected chi connectivity index (χ2v) is 8.07. The SMILES string of the molecule is CC.CCC(CC)C(=O)NCCCCCc1nc2cc(OCCOC)ccc2n2c(C)nnc12.[HH]. The average molecular weight is 474 g/mol. The molecule has 2 heterocycles. The largest absolute Gasteiger partial charge is 0.491 e. The van der Waals surface area contributed by atoms with Crippen LogP contribution < -0.4 is 10.1 Å². The Kier molecular flexibility index (Phi) is 11.7. The molecule has 3 aromatic rings. The molecule has 0 aliphatic heterocycles. The zero-order valence-electron chi connectivity index (χ0n) is 21.7. The number of aromatic nitrogens is 4. The molecule has 2 aromatic heterocycles. The van der Waals surface area contributed by atoms with Gasteiger partial charge in [0.2, 0.25) is 5.91 Å². The first-order valence-corrected chi connectivity index (χ1v) is 12.6. The van der Waals surface area contributed by atoms with E-state index in [1.54, 1.807) is 7.11 Å². The van der Waals surface area contributed by atoms with Crippen molar-refractivity contribution >= 4 is 22.6 Å². The van der Waals surface area contributed by atoms with Crippen LogP contribution in [-0.2, 0) is 16.0 Å². The third kappa shape index (κ3) is 7.13. The van der Waals surface area contributed by atoms with Crippen LogP contribution in [-0.4, -0.2) is 52.4 Å². The number of benzene rings is 1. The molecule has 0 radical (unpaired) electrons. The highest BCUT2D eigenvalue weighted by atomic mass is 16.5. The van der Waals surface area contributed by atoms with E-state index >= 15 is 0 Å². The third-order valence-electron chi connectivity index (χ3n) is 5.83. The van der Waals surface area contributed by atoms with E-state index in [0.717, 1.165) is 79.0 Å². The predicted octanol–water partition coefficient (Wildman–Crippen LogP) is 5.15. The van der Waals surface area contributed by atoms with Gasteiger partial charge in [0.25, 0.3) is 0 Å². The summed E-state index contributed by atoms with van der Waals surface area (Å²) in [6.07, 6.45) is 5.55. The first kappa shape index (κ1) is 27.5. The zero-order chi connectivity index (χ0) is 24.9. The van der Waals surface area contributed by atoms with Crippen LogP contribution in [0.15, 0.2) is 18.2 Å². The highest BCUT2D eigenvalue weighted by Gasteiger charge is 2.15. The highest BCUT2D eigenvalue weighted by Crippen LogP contribution is 2.24. The van der Waals surface area contributed by atoms with Gasteiger partial charge in [-0.25, -0.2) is 4.98 Å². The Labute approximate surface area is 204 Å². The average Bonchev–Trinajstić information content (AvgIpc) is 3.25. The van der Waals surface area contributed by atoms with Gasteiger partial charge >= 0.3 is 0 Å². The molecule has 0 atom stereocenters. The molecule has 0 aliphatic rings. The van der Waals surface area contributed by atoms with Crippen LogP contribution in [0.5, 0.6) is 5.75 Å². The minimum Gasteiger partial charge on any atom is -0.491 e. The van der Waals surface area contributed by atoms with Crippen molar-refractivity contribution in [2.45, 2.75) is 73.1 Å². The number of methoxy groups -OCH3 is 1. The Bertz CT molecular complexity index is 1040. The number of rotatable bonds is 13. The van der Waals surface area contributed by atoms with E-state index in [1.807, 2.05) is 39.0 Å². The topological polar surface area (TPSA) is 90.6 Å². The van der Waals surface area contributed by atoms with Gasteiger partial charge in [0, 0.05) is 27.1 Å². The number of nitrogens with zero attached hydrogens (tertiary/aromatic N) is 4. The summed E-state index contributed by atoms with van der Waals surface area (Å²) in [5.41, 5.74) is 3.58. The van der Waals surface area contributed by atoms with Crippen molar-refractivity contribution in [2.75, 3.05) is 26.9 Å². The number of carbonyl (C=O) groups is 1. The fourth-order valence-corrected chi connectivity index (χ4v) is 3.92. The van der Waals surface area contributed by atoms with Crippen molar-refractivity contribution < 1.29 is 15.7 Å². The van der Waals surface area contributed by atoms with Crippen molar-refractivity contribution in [3.8, 4) is 5.75 Å². The van der Waals surface area contributed by atoms with Gasteiger partial charge in [0.1, 0.15) is 18.2 Å². The van der Waals surface area contributed by atoms with Gasteiger partial charge in [-0.1, -0.05) is 34.1 Å². The molecule has 0 saturated heterocycles. The maximum Gasteiger partial charge on any atom is 0.223 e. The maximum absolute atomic E-state index is 12.1. The number of hydrogen-bond acceptors (Lipinski definition) is 6. The second-order valence-electron chi connectivity index (χ2n) is 8.07. The number of ether oxygens (including phenoxy) is 2. The Balaban J connectivity index is 0.00000199. The summed E-state index contributed by atoms with van der Waals surface area (Å²) in [5.74, 6) is 1.91. The lowest BCUT2D eigenvalue weighted by atomic mass is 10.0. The summed E-state index contributed by atoms with van der Waals surface area (Å²) in [6, 6.07) is 5.90. The molecule has 0 fully saturated rings. The quantitative estimate of drug-likeness (QED) is 0.345. The fraction of sp³-hybridized carbons (Fsp3) is 0.615. The minimum absolute atomic E-state index is 0. The smallest absolute Gasteiger partial charge is 0.223 e. The van der Waals surface area contributed by atoms with E-state index in [9.17, 15) is 4.79 Å². The number of carbonyl (C=O) groups excluding carboxylic acids is 1. The number of aryl methyl sites for hydroxylation is 2. The van der Waals surface area contributed by atoms with Gasteiger partial charge in [-0.05, 0) is 51.2 Å². The molecule has 0 saturated carbocycles. The van der Waals surface area contributed by atoms with Gasteiger partial charge in [-0.3, -0.25) is 9.20 Å². The van der Waals surface area contributed by atoms with Crippen LogP contribution >= 0.6 is 0 Å². The number of unbranched alkanes of at least 4 members (excludes halogenated alkanes) is 2. The molecule has 1 aromatic carbocycles. The van der Waals surface area contributed by atoms with E-state index in [2.05, 4.69) is 33.8 Å². The van der Waals surface area contributed by atoms with Crippen LogP contribution in [0.1, 0.15) is 72.7 Å². The summed E-state index contributed by atoms with van der Waals surface area (Å²) in [4.78, 5) is 17.0. The minimum atomic E-state index is 0. The molecule has 8 nitrogen and oxygen atoms in total. The van der Waals surface area contributed by atoms with Gasteiger partial charge in [0.15, 0.2) is 5.65 Å². The summed E-state index contributed by atoms with van der Waals surface area (Å²) < 4.78 is 12.9. The third-order valence-corrected chi connectivity index (χ3v) is 5.83. The van der Waals surface area contributed by atoms with Crippen molar-refractivity contribution in [1.82, 2.24) is 24.9 Å². The second kappa shape index (κ2) is 14.5. The monoisotopic (exact) mass is 473 g/mol. The normalized spacial score (nSPS) is 11.0. The summed E-state index contributed by atoms with van der Waals surface area (Å²) in [6.45, 7) is 11.8. The number of hydrogen-bond donors (Lipinski definition) is 1. The number of nitrogens with one attached hydrogen (secondary N) is 1. The summed E-state index contributed by atoms with van der Waals surface area (Å²) in [5, 5.41) is 11.7. The first-order chi connectivity index (χ1) is 16.6. The molecule has 0 spiro atoms. The summed E-state index contributed by atoms with van der Waals surface area (Å²) in [7, 11) is 1.66. The van der Waals surface area contributed by atoms with E-state index in [4.69, 9.17) is 14.5 Å². The van der Waals surface area contributed by atoms with Crippen molar-refractivity contribution in [3.63, 3.8) is 0 Å². The maximum atomic E-state index is 12.1. The fourth-order valence-electron chi connectivity index (χ4n) is 3.92. The zero-order valence-corrected chi connectivity index (χ0v) is 21.7. The van der Waals surface area contributed by atoms with E-state index in [-0.39, 0.29) is 13.3 Å². The Morgan fingerprint density at radius 2 is 1.88 bits per heavy atom. The van der Waals surface area contributed by atoms with Gasteiger partial charge in [-0.2, -0.15) is 0 Å². The van der Waals surface area contributed by atoms with Crippen molar-refractivity contribution in [1.29, 1.82) is 0 Å². The van der Waals surface area contributed by atoms with Crippen LogP contribution in [0, 0.1) is 12.8 Å². The van der Waals surface area contributed by atoms with Crippen LogP contribution in [0.3, 0.4) is 0 Å². The molecular weight excluding hydrogens is 430 g/mol. The van der Waals surface area contributed by atoms with Crippen LogP contribution in [0.2, 0.25) is 0 Å². The molecule has 0 unspecified atom stereocenters.